The number of rotatable bonds is 3. The quantitative estimate of drug-likeness (QED) is 0.910. The van der Waals surface area contributed by atoms with Gasteiger partial charge in [0.05, 0.1) is 0 Å². The molecule has 2 rings (SSSR count). The number of benzene rings is 1. The fourth-order valence-corrected chi connectivity index (χ4v) is 1.99. The molecule has 1 atom stereocenters. The Kier molecular flexibility index (Phi) is 3.57. The Labute approximate surface area is 107 Å². The first kappa shape index (κ1) is 12.5. The van der Waals surface area contributed by atoms with Crippen molar-refractivity contribution in [1.82, 2.24) is 9.78 Å². The predicted molar refractivity (Wildman–Crippen MR) is 69.9 cm³/mol. The Morgan fingerprint density at radius 1 is 1.28 bits per heavy atom. The van der Waals surface area contributed by atoms with E-state index in [1.54, 1.807) is 54.5 Å². The third-order valence-electron chi connectivity index (χ3n) is 2.40. The standard InChI is InChI=1S/C12H13N3O2S/c1-15-8-7-11(14-15)13-12(16)9-3-5-10(6-4-9)18(2)17/h3-8H,1-2H3,(H,13,14,16)/t18-/m1/s1. The third-order valence-corrected chi connectivity index (χ3v) is 3.34. The predicted octanol–water partition coefficient (Wildman–Crippen LogP) is 1.41. The average Bonchev–Trinajstić information content (AvgIpc) is 2.75. The molecule has 0 bridgehead atoms. The highest BCUT2D eigenvalue weighted by Gasteiger charge is 2.08. The summed E-state index contributed by atoms with van der Waals surface area (Å²) in [5.41, 5.74) is 0.509. The van der Waals surface area contributed by atoms with Gasteiger partial charge in [-0.2, -0.15) is 5.10 Å². The first-order valence-corrected chi connectivity index (χ1v) is 6.86. The molecular weight excluding hydrogens is 250 g/mol. The van der Waals surface area contributed by atoms with Gasteiger partial charge in [0.2, 0.25) is 0 Å². The molecule has 1 heterocycles. The Balaban J connectivity index is 2.11. The van der Waals surface area contributed by atoms with Crippen LogP contribution in [-0.4, -0.2) is 26.2 Å². The molecule has 1 aromatic heterocycles. The number of hydrogen-bond donors (Lipinski definition) is 1. The number of hydrogen-bond acceptors (Lipinski definition) is 3. The number of nitrogens with one attached hydrogen (secondary N) is 1. The van der Waals surface area contributed by atoms with E-state index in [0.29, 0.717) is 16.3 Å². The highest BCUT2D eigenvalue weighted by atomic mass is 32.2. The number of carbonyl (C=O) groups excluding carboxylic acids is 1. The minimum Gasteiger partial charge on any atom is -0.305 e. The minimum atomic E-state index is -1.03. The maximum absolute atomic E-state index is 11.9. The number of anilines is 1. The normalized spacial score (nSPS) is 12.1. The molecular formula is C12H13N3O2S. The molecule has 0 aliphatic carbocycles. The van der Waals surface area contributed by atoms with Crippen LogP contribution in [0.3, 0.4) is 0 Å². The monoisotopic (exact) mass is 263 g/mol. The van der Waals surface area contributed by atoms with Crippen molar-refractivity contribution in [3.8, 4) is 0 Å². The second-order valence-electron chi connectivity index (χ2n) is 3.81. The summed E-state index contributed by atoms with van der Waals surface area (Å²) in [7, 11) is 0.746. The molecule has 0 spiro atoms. The SMILES string of the molecule is Cn1ccc(NC(=O)c2ccc([S@@](C)=O)cc2)n1. The minimum absolute atomic E-state index is 0.234. The zero-order valence-electron chi connectivity index (χ0n) is 10.1. The number of amides is 1. The molecule has 0 unspecified atom stereocenters. The summed E-state index contributed by atoms with van der Waals surface area (Å²) in [4.78, 5) is 12.6. The fourth-order valence-electron chi connectivity index (χ4n) is 1.47. The van der Waals surface area contributed by atoms with E-state index in [9.17, 15) is 9.00 Å². The van der Waals surface area contributed by atoms with Crippen molar-refractivity contribution in [3.63, 3.8) is 0 Å². The van der Waals surface area contributed by atoms with Gasteiger partial charge in [0, 0.05) is 46.8 Å². The van der Waals surface area contributed by atoms with E-state index in [-0.39, 0.29) is 5.91 Å². The Bertz CT molecular complexity index is 590. The van der Waals surface area contributed by atoms with E-state index in [4.69, 9.17) is 0 Å². The van der Waals surface area contributed by atoms with Crippen molar-refractivity contribution < 1.29 is 9.00 Å². The molecule has 18 heavy (non-hydrogen) atoms. The molecule has 94 valence electrons. The van der Waals surface area contributed by atoms with Crippen LogP contribution >= 0.6 is 0 Å². The van der Waals surface area contributed by atoms with Gasteiger partial charge in [0.15, 0.2) is 5.82 Å². The van der Waals surface area contributed by atoms with Gasteiger partial charge >= 0.3 is 0 Å². The lowest BCUT2D eigenvalue weighted by molar-refractivity contribution is 0.102. The summed E-state index contributed by atoms with van der Waals surface area (Å²) in [6.45, 7) is 0. The van der Waals surface area contributed by atoms with Crippen LogP contribution < -0.4 is 5.32 Å². The molecule has 0 fully saturated rings. The van der Waals surface area contributed by atoms with Crippen molar-refractivity contribution in [2.24, 2.45) is 7.05 Å². The number of aromatic nitrogens is 2. The van der Waals surface area contributed by atoms with E-state index < -0.39 is 10.8 Å². The molecule has 5 nitrogen and oxygen atoms in total. The molecule has 2 aromatic rings. The fraction of sp³-hybridized carbons (Fsp3) is 0.167. The molecule has 0 aliphatic heterocycles. The van der Waals surface area contributed by atoms with Crippen LogP contribution in [0.2, 0.25) is 0 Å². The lowest BCUT2D eigenvalue weighted by atomic mass is 10.2. The second-order valence-corrected chi connectivity index (χ2v) is 5.19. The van der Waals surface area contributed by atoms with Crippen LogP contribution in [0.25, 0.3) is 0 Å². The van der Waals surface area contributed by atoms with E-state index >= 15 is 0 Å². The second kappa shape index (κ2) is 5.14. The lowest BCUT2D eigenvalue weighted by Gasteiger charge is -2.02. The van der Waals surface area contributed by atoms with Crippen molar-refractivity contribution in [2.75, 3.05) is 11.6 Å². The number of nitrogens with zero attached hydrogens (tertiary/aromatic N) is 2. The van der Waals surface area contributed by atoms with Gasteiger partial charge in [0.25, 0.3) is 5.91 Å². The summed E-state index contributed by atoms with van der Waals surface area (Å²) in [6, 6.07) is 8.38. The topological polar surface area (TPSA) is 64.0 Å². The summed E-state index contributed by atoms with van der Waals surface area (Å²) < 4.78 is 12.8. The number of aryl methyl sites for hydroxylation is 1. The summed E-state index contributed by atoms with van der Waals surface area (Å²) in [5, 5.41) is 6.74. The van der Waals surface area contributed by atoms with Gasteiger partial charge in [-0.15, -0.1) is 0 Å². The van der Waals surface area contributed by atoms with Gasteiger partial charge in [-0.25, -0.2) is 0 Å². The van der Waals surface area contributed by atoms with Crippen molar-refractivity contribution in [2.45, 2.75) is 4.90 Å². The Hall–Kier alpha value is -1.95. The molecule has 0 radical (unpaired) electrons. The van der Waals surface area contributed by atoms with Gasteiger partial charge in [-0.1, -0.05) is 0 Å². The number of carbonyl (C=O) groups is 1. The first-order valence-electron chi connectivity index (χ1n) is 5.31. The van der Waals surface area contributed by atoms with E-state index in [2.05, 4.69) is 10.4 Å². The van der Waals surface area contributed by atoms with Gasteiger partial charge in [-0.05, 0) is 24.3 Å². The maximum atomic E-state index is 11.9. The maximum Gasteiger partial charge on any atom is 0.256 e. The molecule has 1 aromatic carbocycles. The highest BCUT2D eigenvalue weighted by molar-refractivity contribution is 7.84. The summed E-state index contributed by atoms with van der Waals surface area (Å²) in [6.07, 6.45) is 3.35. The smallest absolute Gasteiger partial charge is 0.256 e. The van der Waals surface area contributed by atoms with Crippen molar-refractivity contribution >= 4 is 22.5 Å². The Morgan fingerprint density at radius 2 is 1.94 bits per heavy atom. The molecule has 1 amide bonds. The van der Waals surface area contributed by atoms with Gasteiger partial charge < -0.3 is 5.32 Å². The van der Waals surface area contributed by atoms with Crippen LogP contribution in [0, 0.1) is 0 Å². The lowest BCUT2D eigenvalue weighted by Crippen LogP contribution is -2.12. The van der Waals surface area contributed by atoms with E-state index in [1.165, 1.54) is 0 Å². The largest absolute Gasteiger partial charge is 0.305 e. The molecule has 6 heteroatoms. The average molecular weight is 263 g/mol. The van der Waals surface area contributed by atoms with Crippen molar-refractivity contribution in [3.05, 3.63) is 42.1 Å². The summed E-state index contributed by atoms with van der Waals surface area (Å²) in [5.74, 6) is 0.271. The molecule has 1 N–H and O–H groups in total. The van der Waals surface area contributed by atoms with Gasteiger partial charge in [0.1, 0.15) is 0 Å². The van der Waals surface area contributed by atoms with Crippen LogP contribution in [0.4, 0.5) is 5.82 Å². The van der Waals surface area contributed by atoms with Crippen LogP contribution in [0.15, 0.2) is 41.4 Å². The van der Waals surface area contributed by atoms with Crippen LogP contribution in [0.1, 0.15) is 10.4 Å². The zero-order chi connectivity index (χ0) is 13.1. The highest BCUT2D eigenvalue weighted by Crippen LogP contribution is 2.10. The first-order chi connectivity index (χ1) is 8.56. The van der Waals surface area contributed by atoms with E-state index in [0.717, 1.165) is 0 Å². The summed E-state index contributed by atoms with van der Waals surface area (Å²) >= 11 is 0. The van der Waals surface area contributed by atoms with Crippen LogP contribution in [-0.2, 0) is 17.8 Å². The zero-order valence-corrected chi connectivity index (χ0v) is 10.9. The van der Waals surface area contributed by atoms with Crippen molar-refractivity contribution in [1.29, 1.82) is 0 Å². The molecule has 0 saturated heterocycles. The molecule has 0 aliphatic rings. The van der Waals surface area contributed by atoms with E-state index in [1.807, 2.05) is 0 Å². The van der Waals surface area contributed by atoms with Crippen LogP contribution in [0.5, 0.6) is 0 Å². The van der Waals surface area contributed by atoms with Gasteiger partial charge in [-0.3, -0.25) is 13.7 Å². The Morgan fingerprint density at radius 3 is 2.44 bits per heavy atom. The third kappa shape index (κ3) is 2.84. The molecule has 0 saturated carbocycles.